The van der Waals surface area contributed by atoms with Crippen molar-refractivity contribution in [1.82, 2.24) is 4.98 Å². The largest absolute Gasteiger partial charge is 0.493 e. The molecule has 28 heavy (non-hydrogen) atoms. The van der Waals surface area contributed by atoms with Gasteiger partial charge >= 0.3 is 0 Å². The highest BCUT2D eigenvalue weighted by molar-refractivity contribution is 7.16. The first kappa shape index (κ1) is 19.7. The summed E-state index contributed by atoms with van der Waals surface area (Å²) in [6, 6.07) is 13.2. The van der Waals surface area contributed by atoms with E-state index < -0.39 is 0 Å². The van der Waals surface area contributed by atoms with Crippen LogP contribution in [0.4, 0.5) is 5.13 Å². The maximum atomic E-state index is 12.8. The molecule has 2 aromatic carbocycles. The van der Waals surface area contributed by atoms with Gasteiger partial charge in [-0.05, 0) is 18.6 Å². The third-order valence-corrected chi connectivity index (χ3v) is 5.33. The molecule has 0 aliphatic rings. The van der Waals surface area contributed by atoms with Crippen LogP contribution in [0.3, 0.4) is 0 Å². The van der Waals surface area contributed by atoms with Gasteiger partial charge in [-0.25, -0.2) is 4.98 Å². The Kier molecular flexibility index (Phi) is 6.16. The van der Waals surface area contributed by atoms with E-state index in [9.17, 15) is 4.79 Å². The molecular weight excluding hydrogens is 376 g/mol. The van der Waals surface area contributed by atoms with E-state index in [4.69, 9.17) is 14.2 Å². The number of hydrogen-bond acceptors (Lipinski definition) is 6. The zero-order valence-electron chi connectivity index (χ0n) is 16.2. The molecule has 1 heterocycles. The molecule has 0 bridgehead atoms. The lowest BCUT2D eigenvalue weighted by Gasteiger charge is -2.13. The number of rotatable bonds is 7. The highest BCUT2D eigenvalue weighted by Gasteiger charge is 2.19. The first-order chi connectivity index (χ1) is 13.6. The zero-order valence-corrected chi connectivity index (χ0v) is 17.1. The van der Waals surface area contributed by atoms with Crippen LogP contribution in [0.1, 0.15) is 22.2 Å². The van der Waals surface area contributed by atoms with Gasteiger partial charge in [-0.15, -0.1) is 11.3 Å². The Hall–Kier alpha value is -3.06. The maximum absolute atomic E-state index is 12.8. The number of amides is 1. The van der Waals surface area contributed by atoms with E-state index >= 15 is 0 Å². The summed E-state index contributed by atoms with van der Waals surface area (Å²) in [7, 11) is 4.55. The van der Waals surface area contributed by atoms with Crippen molar-refractivity contribution in [2.45, 2.75) is 13.3 Å². The topological polar surface area (TPSA) is 69.7 Å². The molecule has 0 saturated heterocycles. The smallest absolute Gasteiger partial charge is 0.257 e. The fourth-order valence-corrected chi connectivity index (χ4v) is 3.77. The van der Waals surface area contributed by atoms with Gasteiger partial charge < -0.3 is 14.2 Å². The Morgan fingerprint density at radius 3 is 2.21 bits per heavy atom. The molecule has 1 amide bonds. The van der Waals surface area contributed by atoms with Crippen LogP contribution in [0.2, 0.25) is 0 Å². The van der Waals surface area contributed by atoms with Crippen LogP contribution in [-0.2, 0) is 6.42 Å². The second kappa shape index (κ2) is 8.75. The van der Waals surface area contributed by atoms with E-state index in [1.807, 2.05) is 30.3 Å². The number of ether oxygens (including phenoxy) is 3. The van der Waals surface area contributed by atoms with E-state index in [1.54, 1.807) is 12.1 Å². The predicted molar refractivity (Wildman–Crippen MR) is 111 cm³/mol. The second-order valence-corrected chi connectivity index (χ2v) is 6.96. The van der Waals surface area contributed by atoms with Crippen molar-refractivity contribution in [3.8, 4) is 28.5 Å². The fraction of sp³-hybridized carbons (Fsp3) is 0.238. The summed E-state index contributed by atoms with van der Waals surface area (Å²) < 4.78 is 15.9. The SMILES string of the molecule is CCc1sc(NC(=O)c2cc(OC)c(OC)c(OC)c2)nc1-c1ccccc1. The number of carbonyl (C=O) groups excluding carboxylic acids is 1. The molecule has 7 heteroatoms. The number of anilines is 1. The number of hydrogen-bond donors (Lipinski definition) is 1. The van der Waals surface area contributed by atoms with E-state index in [2.05, 4.69) is 17.2 Å². The van der Waals surface area contributed by atoms with Crippen molar-refractivity contribution in [3.63, 3.8) is 0 Å². The number of nitrogens with zero attached hydrogens (tertiary/aromatic N) is 1. The van der Waals surface area contributed by atoms with Gasteiger partial charge in [0.1, 0.15) is 0 Å². The quantitative estimate of drug-likeness (QED) is 0.627. The molecule has 0 saturated carbocycles. The Morgan fingerprint density at radius 2 is 1.68 bits per heavy atom. The summed E-state index contributed by atoms with van der Waals surface area (Å²) in [6.07, 6.45) is 0.835. The van der Waals surface area contributed by atoms with Crippen molar-refractivity contribution >= 4 is 22.4 Å². The highest BCUT2D eigenvalue weighted by Crippen LogP contribution is 2.38. The Balaban J connectivity index is 1.91. The predicted octanol–water partition coefficient (Wildman–Crippen LogP) is 4.65. The molecule has 0 atom stereocenters. The third kappa shape index (κ3) is 3.94. The van der Waals surface area contributed by atoms with Crippen molar-refractivity contribution < 1.29 is 19.0 Å². The summed E-state index contributed by atoms with van der Waals surface area (Å²) in [6.45, 7) is 2.07. The number of methoxy groups -OCH3 is 3. The minimum absolute atomic E-state index is 0.296. The molecule has 0 fully saturated rings. The van der Waals surface area contributed by atoms with E-state index in [1.165, 1.54) is 32.7 Å². The number of aromatic nitrogens is 1. The van der Waals surface area contributed by atoms with Gasteiger partial charge in [-0.3, -0.25) is 10.1 Å². The molecule has 3 aromatic rings. The van der Waals surface area contributed by atoms with E-state index in [0.29, 0.717) is 27.9 Å². The molecule has 1 aromatic heterocycles. The third-order valence-electron chi connectivity index (χ3n) is 4.21. The van der Waals surface area contributed by atoms with Gasteiger partial charge in [-0.1, -0.05) is 37.3 Å². The van der Waals surface area contributed by atoms with Crippen molar-refractivity contribution in [3.05, 3.63) is 52.9 Å². The molecule has 0 spiro atoms. The van der Waals surface area contributed by atoms with Crippen molar-refractivity contribution in [2.24, 2.45) is 0 Å². The van der Waals surface area contributed by atoms with Crippen molar-refractivity contribution in [2.75, 3.05) is 26.6 Å². The minimum Gasteiger partial charge on any atom is -0.493 e. The van der Waals surface area contributed by atoms with Crippen LogP contribution in [0.5, 0.6) is 17.2 Å². The molecule has 1 N–H and O–H groups in total. The second-order valence-electron chi connectivity index (χ2n) is 5.88. The Morgan fingerprint density at radius 1 is 1.04 bits per heavy atom. The standard InChI is InChI=1S/C21H22N2O4S/c1-5-17-18(13-9-7-6-8-10-13)22-21(28-17)23-20(24)14-11-15(25-2)19(27-4)16(12-14)26-3/h6-12H,5H2,1-4H3,(H,22,23,24). The number of carbonyl (C=O) groups is 1. The lowest BCUT2D eigenvalue weighted by Crippen LogP contribution is -2.12. The minimum atomic E-state index is -0.296. The van der Waals surface area contributed by atoms with Crippen LogP contribution in [-0.4, -0.2) is 32.2 Å². The molecule has 0 aliphatic heterocycles. The van der Waals surface area contributed by atoms with Gasteiger partial charge in [0.15, 0.2) is 16.6 Å². The molecule has 6 nitrogen and oxygen atoms in total. The molecule has 0 aliphatic carbocycles. The average Bonchev–Trinajstić information content (AvgIpc) is 3.15. The van der Waals surface area contributed by atoms with Crippen LogP contribution in [0.25, 0.3) is 11.3 Å². The fourth-order valence-electron chi connectivity index (χ4n) is 2.85. The Labute approximate surface area is 168 Å². The summed E-state index contributed by atoms with van der Waals surface area (Å²) in [5.74, 6) is 0.987. The highest BCUT2D eigenvalue weighted by atomic mass is 32.1. The normalized spacial score (nSPS) is 10.4. The van der Waals surface area contributed by atoms with Crippen LogP contribution >= 0.6 is 11.3 Å². The lowest BCUT2D eigenvalue weighted by molar-refractivity contribution is 0.102. The molecule has 3 rings (SSSR count). The summed E-state index contributed by atoms with van der Waals surface area (Å²) >= 11 is 1.47. The monoisotopic (exact) mass is 398 g/mol. The summed E-state index contributed by atoms with van der Waals surface area (Å²) in [5.41, 5.74) is 2.32. The van der Waals surface area contributed by atoms with Crippen LogP contribution < -0.4 is 19.5 Å². The first-order valence-electron chi connectivity index (χ1n) is 8.77. The van der Waals surface area contributed by atoms with Gasteiger partial charge in [-0.2, -0.15) is 0 Å². The number of thiazole rings is 1. The molecular formula is C21H22N2O4S. The van der Waals surface area contributed by atoms with Gasteiger partial charge in [0, 0.05) is 16.0 Å². The number of aryl methyl sites for hydroxylation is 1. The number of benzene rings is 2. The molecule has 0 radical (unpaired) electrons. The first-order valence-corrected chi connectivity index (χ1v) is 9.59. The van der Waals surface area contributed by atoms with Crippen LogP contribution in [0.15, 0.2) is 42.5 Å². The van der Waals surface area contributed by atoms with Gasteiger partial charge in [0.25, 0.3) is 5.91 Å². The molecule has 0 unspecified atom stereocenters. The van der Waals surface area contributed by atoms with E-state index in [-0.39, 0.29) is 5.91 Å². The van der Waals surface area contributed by atoms with E-state index in [0.717, 1.165) is 22.6 Å². The number of nitrogens with one attached hydrogen (secondary N) is 1. The molecule has 146 valence electrons. The van der Waals surface area contributed by atoms with Crippen molar-refractivity contribution in [1.29, 1.82) is 0 Å². The lowest BCUT2D eigenvalue weighted by atomic mass is 10.1. The van der Waals surface area contributed by atoms with Crippen LogP contribution in [0, 0.1) is 0 Å². The zero-order chi connectivity index (χ0) is 20.1. The average molecular weight is 398 g/mol. The Bertz CT molecular complexity index is 945. The summed E-state index contributed by atoms with van der Waals surface area (Å²) in [4.78, 5) is 18.6. The summed E-state index contributed by atoms with van der Waals surface area (Å²) in [5, 5.41) is 3.43. The van der Waals surface area contributed by atoms with Gasteiger partial charge in [0.2, 0.25) is 5.75 Å². The van der Waals surface area contributed by atoms with Gasteiger partial charge in [0.05, 0.1) is 27.0 Å². The maximum Gasteiger partial charge on any atom is 0.257 e.